The quantitative estimate of drug-likeness (QED) is 0.773. The van der Waals surface area contributed by atoms with Gasteiger partial charge >= 0.3 is 0 Å². The number of rotatable bonds is 3. The van der Waals surface area contributed by atoms with Crippen molar-refractivity contribution in [3.63, 3.8) is 0 Å². The van der Waals surface area contributed by atoms with Gasteiger partial charge in [-0.1, -0.05) is 4.49 Å². The van der Waals surface area contributed by atoms with Gasteiger partial charge in [0.1, 0.15) is 6.54 Å². The van der Waals surface area contributed by atoms with Crippen LogP contribution in [0.3, 0.4) is 0 Å². The molecule has 3 heterocycles. The number of fused-ring (bicyclic) bond motifs is 1. The second-order valence-corrected chi connectivity index (χ2v) is 7.41. The molecule has 2 aliphatic rings. The van der Waals surface area contributed by atoms with Crippen molar-refractivity contribution in [3.05, 3.63) is 10.6 Å². The van der Waals surface area contributed by atoms with E-state index in [9.17, 15) is 14.4 Å². The van der Waals surface area contributed by atoms with E-state index in [4.69, 9.17) is 0 Å². The first-order valence-corrected chi connectivity index (χ1v) is 8.77. The molecule has 2 fully saturated rings. The predicted molar refractivity (Wildman–Crippen MR) is 87.5 cm³/mol. The molecule has 0 aromatic carbocycles. The lowest BCUT2D eigenvalue weighted by Gasteiger charge is -2.39. The Morgan fingerprint density at radius 2 is 2.04 bits per heavy atom. The molecule has 0 spiro atoms. The summed E-state index contributed by atoms with van der Waals surface area (Å²) in [5.74, 6) is -0.234. The third-order valence-electron chi connectivity index (χ3n) is 4.80. The normalized spacial score (nSPS) is 23.4. The Kier molecular flexibility index (Phi) is 4.53. The molecule has 8 nitrogen and oxygen atoms in total. The number of carbonyl (C=O) groups is 3. The number of carbonyl (C=O) groups excluding carboxylic acids is 3. The van der Waals surface area contributed by atoms with Gasteiger partial charge in [0.15, 0.2) is 5.69 Å². The van der Waals surface area contributed by atoms with Gasteiger partial charge in [-0.25, -0.2) is 0 Å². The molecule has 1 aromatic heterocycles. The van der Waals surface area contributed by atoms with Crippen LogP contribution in [0.1, 0.15) is 34.6 Å². The first kappa shape index (κ1) is 16.8. The molecular formula is C15H21N5O3S. The first-order chi connectivity index (χ1) is 11.4. The highest BCUT2D eigenvalue weighted by Gasteiger charge is 2.46. The Balaban J connectivity index is 1.78. The van der Waals surface area contributed by atoms with Gasteiger partial charge in [0.05, 0.1) is 17.0 Å². The van der Waals surface area contributed by atoms with Gasteiger partial charge < -0.3 is 14.7 Å². The van der Waals surface area contributed by atoms with Crippen LogP contribution in [-0.4, -0.2) is 81.3 Å². The van der Waals surface area contributed by atoms with Gasteiger partial charge in [-0.15, -0.1) is 5.10 Å². The highest BCUT2D eigenvalue weighted by atomic mass is 32.1. The Morgan fingerprint density at radius 3 is 2.67 bits per heavy atom. The number of likely N-dealkylation sites (N-methyl/N-ethyl adjacent to an activating group) is 1. The van der Waals surface area contributed by atoms with Crippen molar-refractivity contribution in [1.82, 2.24) is 24.3 Å². The summed E-state index contributed by atoms with van der Waals surface area (Å²) < 4.78 is 3.83. The van der Waals surface area contributed by atoms with Crippen LogP contribution in [0, 0.1) is 6.92 Å². The summed E-state index contributed by atoms with van der Waals surface area (Å²) in [5.41, 5.74) is 0.397. The van der Waals surface area contributed by atoms with Crippen molar-refractivity contribution in [2.75, 3.05) is 27.2 Å². The fourth-order valence-corrected chi connectivity index (χ4v) is 3.92. The Bertz CT molecular complexity index is 674. The SMILES string of the molecule is Cc1snnc1C(=O)N1CC[C@@H]2[C@H]1CCC(=O)N2CC(=O)N(C)C. The van der Waals surface area contributed by atoms with Crippen LogP contribution in [-0.2, 0) is 9.59 Å². The molecule has 24 heavy (non-hydrogen) atoms. The molecule has 2 saturated heterocycles. The molecule has 0 bridgehead atoms. The summed E-state index contributed by atoms with van der Waals surface area (Å²) in [4.78, 5) is 42.8. The van der Waals surface area contributed by atoms with Crippen molar-refractivity contribution >= 4 is 29.3 Å². The average molecular weight is 351 g/mol. The van der Waals surface area contributed by atoms with Gasteiger partial charge in [-0.05, 0) is 31.3 Å². The van der Waals surface area contributed by atoms with Gasteiger partial charge in [-0.2, -0.15) is 0 Å². The maximum absolute atomic E-state index is 12.8. The van der Waals surface area contributed by atoms with Crippen LogP contribution in [0.5, 0.6) is 0 Å². The van der Waals surface area contributed by atoms with E-state index < -0.39 is 0 Å². The second-order valence-electron chi connectivity index (χ2n) is 6.45. The zero-order valence-electron chi connectivity index (χ0n) is 14.1. The summed E-state index contributed by atoms with van der Waals surface area (Å²) in [5, 5.41) is 3.94. The van der Waals surface area contributed by atoms with Crippen LogP contribution in [0.25, 0.3) is 0 Å². The van der Waals surface area contributed by atoms with E-state index in [0.29, 0.717) is 31.5 Å². The van der Waals surface area contributed by atoms with Crippen molar-refractivity contribution in [3.8, 4) is 0 Å². The summed E-state index contributed by atoms with van der Waals surface area (Å²) in [7, 11) is 3.35. The summed E-state index contributed by atoms with van der Waals surface area (Å²) in [6.45, 7) is 2.48. The van der Waals surface area contributed by atoms with Crippen molar-refractivity contribution in [2.45, 2.75) is 38.3 Å². The largest absolute Gasteiger partial charge is 0.347 e. The van der Waals surface area contributed by atoms with Crippen molar-refractivity contribution in [2.24, 2.45) is 0 Å². The molecule has 9 heteroatoms. The number of hydrogen-bond donors (Lipinski definition) is 0. The van der Waals surface area contributed by atoms with Crippen LogP contribution < -0.4 is 0 Å². The third kappa shape index (κ3) is 2.88. The number of hydrogen-bond acceptors (Lipinski definition) is 6. The Hall–Kier alpha value is -2.03. The fourth-order valence-electron chi connectivity index (χ4n) is 3.46. The van der Waals surface area contributed by atoms with E-state index in [1.165, 1.54) is 16.4 Å². The maximum Gasteiger partial charge on any atom is 0.275 e. The molecule has 0 unspecified atom stereocenters. The number of amides is 3. The zero-order chi connectivity index (χ0) is 17.4. The molecule has 3 rings (SSSR count). The van der Waals surface area contributed by atoms with Gasteiger partial charge in [0.2, 0.25) is 11.8 Å². The third-order valence-corrected chi connectivity index (χ3v) is 5.44. The molecule has 0 N–H and O–H groups in total. The highest BCUT2D eigenvalue weighted by molar-refractivity contribution is 7.05. The lowest BCUT2D eigenvalue weighted by atomic mass is 9.96. The molecule has 3 amide bonds. The number of aromatic nitrogens is 2. The second kappa shape index (κ2) is 6.46. The summed E-state index contributed by atoms with van der Waals surface area (Å²) in [6, 6.07) is -0.141. The number of piperidine rings is 1. The van der Waals surface area contributed by atoms with Gasteiger partial charge in [0.25, 0.3) is 5.91 Å². The summed E-state index contributed by atoms with van der Waals surface area (Å²) >= 11 is 1.21. The molecule has 2 atom stereocenters. The van der Waals surface area contributed by atoms with E-state index in [1.54, 1.807) is 23.9 Å². The number of aryl methyl sites for hydroxylation is 1. The van der Waals surface area contributed by atoms with E-state index >= 15 is 0 Å². The van der Waals surface area contributed by atoms with E-state index in [1.807, 2.05) is 6.92 Å². The first-order valence-electron chi connectivity index (χ1n) is 7.99. The molecular weight excluding hydrogens is 330 g/mol. The van der Waals surface area contributed by atoms with Crippen molar-refractivity contribution < 1.29 is 14.4 Å². The van der Waals surface area contributed by atoms with E-state index in [0.717, 1.165) is 4.88 Å². The monoisotopic (exact) mass is 351 g/mol. The number of nitrogens with zero attached hydrogens (tertiary/aromatic N) is 5. The predicted octanol–water partition coefficient (Wildman–Crippen LogP) is 0.140. The van der Waals surface area contributed by atoms with E-state index in [2.05, 4.69) is 9.59 Å². The minimum atomic E-state index is -0.123. The Labute approximate surface area is 144 Å². The lowest BCUT2D eigenvalue weighted by molar-refractivity contribution is -0.144. The molecule has 1 aromatic rings. The molecule has 0 radical (unpaired) electrons. The standard InChI is InChI=1S/C15H21N5O3S/c1-9-14(16-17-24-9)15(23)19-7-6-11-10(19)4-5-12(21)20(11)8-13(22)18(2)3/h10-11H,4-8H2,1-3H3/t10-,11-/m1/s1. The summed E-state index contributed by atoms with van der Waals surface area (Å²) in [6.07, 6.45) is 1.69. The van der Waals surface area contributed by atoms with E-state index in [-0.39, 0.29) is 36.3 Å². The van der Waals surface area contributed by atoms with Crippen molar-refractivity contribution in [1.29, 1.82) is 0 Å². The number of likely N-dealkylation sites (tertiary alicyclic amines) is 2. The average Bonchev–Trinajstić information content (AvgIpc) is 3.15. The zero-order valence-corrected chi connectivity index (χ0v) is 14.9. The molecule has 130 valence electrons. The van der Waals surface area contributed by atoms with Gasteiger partial charge in [0, 0.05) is 27.1 Å². The topological polar surface area (TPSA) is 86.7 Å². The fraction of sp³-hybridized carbons (Fsp3) is 0.667. The molecule has 0 saturated carbocycles. The lowest BCUT2D eigenvalue weighted by Crippen LogP contribution is -2.55. The maximum atomic E-state index is 12.8. The van der Waals surface area contributed by atoms with Crippen LogP contribution in [0.2, 0.25) is 0 Å². The van der Waals surface area contributed by atoms with Crippen LogP contribution in [0.4, 0.5) is 0 Å². The molecule has 0 aliphatic carbocycles. The minimum absolute atomic E-state index is 0.00717. The minimum Gasteiger partial charge on any atom is -0.347 e. The van der Waals surface area contributed by atoms with Crippen LogP contribution in [0.15, 0.2) is 0 Å². The highest BCUT2D eigenvalue weighted by Crippen LogP contribution is 2.32. The smallest absolute Gasteiger partial charge is 0.275 e. The molecule has 2 aliphatic heterocycles. The Morgan fingerprint density at radius 1 is 1.29 bits per heavy atom. The van der Waals surface area contributed by atoms with Gasteiger partial charge in [-0.3, -0.25) is 14.4 Å². The van der Waals surface area contributed by atoms with Crippen LogP contribution >= 0.6 is 11.5 Å².